The van der Waals surface area contributed by atoms with E-state index < -0.39 is 11.2 Å². The van der Waals surface area contributed by atoms with Crippen molar-refractivity contribution in [3.05, 3.63) is 30.7 Å². The van der Waals surface area contributed by atoms with E-state index in [4.69, 9.17) is 4.65 Å². The summed E-state index contributed by atoms with van der Waals surface area (Å²) in [7, 11) is 1.66. The third-order valence-corrected chi connectivity index (χ3v) is 3.37. The minimum Gasteiger partial charge on any atom is -0.427 e. The zero-order chi connectivity index (χ0) is 13.4. The highest BCUT2D eigenvalue weighted by Gasteiger charge is 2.35. The van der Waals surface area contributed by atoms with Crippen molar-refractivity contribution in [2.75, 3.05) is 0 Å². The van der Waals surface area contributed by atoms with Gasteiger partial charge in [-0.25, -0.2) is 4.98 Å². The van der Waals surface area contributed by atoms with Gasteiger partial charge in [0, 0.05) is 18.6 Å². The molecule has 0 aliphatic heterocycles. The molecule has 1 N–H and O–H groups in total. The summed E-state index contributed by atoms with van der Waals surface area (Å²) in [6.07, 6.45) is 5.57. The summed E-state index contributed by atoms with van der Waals surface area (Å²) >= 11 is 0. The van der Waals surface area contributed by atoms with Crippen molar-refractivity contribution in [3.63, 3.8) is 0 Å². The normalized spacial score (nSPS) is 12.9. The molecule has 0 amide bonds. The molecule has 95 valence electrons. The van der Waals surface area contributed by atoms with Gasteiger partial charge in [-0.1, -0.05) is 6.07 Å². The lowest BCUT2D eigenvalue weighted by atomic mass is 9.83. The average Bonchev–Trinajstić information content (AvgIpc) is 2.71. The molecule has 18 heavy (non-hydrogen) atoms. The molecule has 0 bridgehead atoms. The quantitative estimate of drug-likeness (QED) is 0.822. The Bertz CT molecular complexity index is 543. The molecule has 0 aliphatic rings. The molecule has 0 aliphatic carbocycles. The van der Waals surface area contributed by atoms with Crippen LogP contribution in [0.1, 0.15) is 27.7 Å². The molecule has 2 rings (SSSR count). The Kier molecular flexibility index (Phi) is 3.21. The highest BCUT2D eigenvalue weighted by molar-refractivity contribution is 6.46. The molecule has 0 saturated carbocycles. The Morgan fingerprint density at radius 1 is 1.28 bits per heavy atom. The number of aliphatic hydroxyl groups is 1. The van der Waals surface area contributed by atoms with Crippen LogP contribution < -0.4 is 5.46 Å². The number of hydrogen-bond acceptors (Lipinski definition) is 3. The lowest BCUT2D eigenvalue weighted by Gasteiger charge is -2.37. The molecule has 5 heteroatoms. The van der Waals surface area contributed by atoms with Crippen LogP contribution >= 0.6 is 0 Å². The summed E-state index contributed by atoms with van der Waals surface area (Å²) in [5.41, 5.74) is 0.256. The van der Waals surface area contributed by atoms with Gasteiger partial charge in [-0.15, -0.1) is 0 Å². The first kappa shape index (κ1) is 13.1. The minimum absolute atomic E-state index is 0.656. The molecule has 0 saturated heterocycles. The predicted molar refractivity (Wildman–Crippen MR) is 72.0 cm³/mol. The third kappa shape index (κ3) is 2.57. The molecular formula is C13H18BN2O2. The smallest absolute Gasteiger partial charge is 0.332 e. The lowest BCUT2D eigenvalue weighted by molar-refractivity contribution is -0.0893. The summed E-state index contributed by atoms with van der Waals surface area (Å²) in [6, 6.07) is 3.86. The molecule has 0 spiro atoms. The van der Waals surface area contributed by atoms with E-state index in [1.165, 1.54) is 0 Å². The van der Waals surface area contributed by atoms with Gasteiger partial charge in [-0.3, -0.25) is 0 Å². The first-order valence-corrected chi connectivity index (χ1v) is 5.96. The molecular weight excluding hydrogens is 227 g/mol. The Balaban J connectivity index is 2.10. The highest BCUT2D eigenvalue weighted by atomic mass is 16.5. The van der Waals surface area contributed by atoms with Gasteiger partial charge in [0.2, 0.25) is 0 Å². The topological polar surface area (TPSA) is 46.8 Å². The minimum atomic E-state index is -0.914. The van der Waals surface area contributed by atoms with E-state index in [1.54, 1.807) is 27.5 Å². The summed E-state index contributed by atoms with van der Waals surface area (Å²) in [4.78, 5) is 4.18. The zero-order valence-corrected chi connectivity index (χ0v) is 11.2. The van der Waals surface area contributed by atoms with Crippen LogP contribution in [0.15, 0.2) is 30.7 Å². The molecule has 2 aromatic heterocycles. The Morgan fingerprint density at radius 2 is 2.00 bits per heavy atom. The van der Waals surface area contributed by atoms with Gasteiger partial charge in [0.05, 0.1) is 11.2 Å². The molecule has 2 heterocycles. The summed E-state index contributed by atoms with van der Waals surface area (Å²) < 4.78 is 7.62. The van der Waals surface area contributed by atoms with Crippen molar-refractivity contribution in [1.82, 2.24) is 9.38 Å². The number of rotatable bonds is 4. The Morgan fingerprint density at radius 3 is 2.67 bits per heavy atom. The fourth-order valence-corrected chi connectivity index (χ4v) is 1.37. The molecule has 2 aromatic rings. The van der Waals surface area contributed by atoms with E-state index in [2.05, 4.69) is 4.98 Å². The van der Waals surface area contributed by atoms with Gasteiger partial charge in [0.15, 0.2) is 0 Å². The van der Waals surface area contributed by atoms with Crippen LogP contribution in [0.2, 0.25) is 0 Å². The highest BCUT2D eigenvalue weighted by Crippen LogP contribution is 2.24. The maximum Gasteiger partial charge on any atom is 0.332 e. The largest absolute Gasteiger partial charge is 0.427 e. The fourth-order valence-electron chi connectivity index (χ4n) is 1.37. The van der Waals surface area contributed by atoms with Crippen molar-refractivity contribution >= 4 is 18.6 Å². The summed E-state index contributed by atoms with van der Waals surface area (Å²) in [6.45, 7) is 7.19. The molecule has 0 aromatic carbocycles. The standard InChI is InChI=1S/C13H18BN2O2/c1-12(2,17)13(3,4)18-14-10-5-6-11-15-7-8-16(11)9-10/h5-9,17H,1-4H3. The number of nitrogens with zero attached hydrogens (tertiary/aromatic N) is 2. The van der Waals surface area contributed by atoms with E-state index in [9.17, 15) is 5.11 Å². The molecule has 4 nitrogen and oxygen atoms in total. The first-order chi connectivity index (χ1) is 8.29. The maximum absolute atomic E-state index is 10.0. The van der Waals surface area contributed by atoms with Crippen molar-refractivity contribution in [3.8, 4) is 0 Å². The van der Waals surface area contributed by atoms with Crippen LogP contribution in [-0.2, 0) is 4.65 Å². The SMILES string of the molecule is CC(C)(O)C(C)(C)O[B]c1ccc2nccn2c1. The van der Waals surface area contributed by atoms with Crippen molar-refractivity contribution in [1.29, 1.82) is 0 Å². The van der Waals surface area contributed by atoms with Crippen molar-refractivity contribution in [2.24, 2.45) is 0 Å². The second kappa shape index (κ2) is 4.41. The number of imidazole rings is 1. The summed E-state index contributed by atoms with van der Waals surface area (Å²) in [5, 5.41) is 10.0. The molecule has 0 fully saturated rings. The van der Waals surface area contributed by atoms with Crippen LogP contribution in [0, 0.1) is 0 Å². The van der Waals surface area contributed by atoms with Crippen molar-refractivity contribution < 1.29 is 9.76 Å². The van der Waals surface area contributed by atoms with Crippen molar-refractivity contribution in [2.45, 2.75) is 38.9 Å². The fraction of sp³-hybridized carbons (Fsp3) is 0.462. The summed E-state index contributed by atoms with van der Waals surface area (Å²) in [5.74, 6) is 0. The Hall–Kier alpha value is -1.33. The average molecular weight is 245 g/mol. The van der Waals surface area contributed by atoms with Crippen LogP contribution in [0.3, 0.4) is 0 Å². The van der Waals surface area contributed by atoms with E-state index >= 15 is 0 Å². The van der Waals surface area contributed by atoms with Crippen LogP contribution in [0.25, 0.3) is 5.65 Å². The zero-order valence-electron chi connectivity index (χ0n) is 11.2. The predicted octanol–water partition coefficient (Wildman–Crippen LogP) is 1.14. The second-order valence-electron chi connectivity index (χ2n) is 5.46. The third-order valence-electron chi connectivity index (χ3n) is 3.37. The molecule has 0 atom stereocenters. The number of fused-ring (bicyclic) bond motifs is 1. The van der Waals surface area contributed by atoms with Crippen LogP contribution in [0.4, 0.5) is 0 Å². The monoisotopic (exact) mass is 245 g/mol. The number of aromatic nitrogens is 2. The Labute approximate surface area is 108 Å². The lowest BCUT2D eigenvalue weighted by Crippen LogP contribution is -2.49. The van der Waals surface area contributed by atoms with E-state index in [0.717, 1.165) is 11.1 Å². The van der Waals surface area contributed by atoms with E-state index in [0.29, 0.717) is 0 Å². The van der Waals surface area contributed by atoms with Gasteiger partial charge in [0.25, 0.3) is 0 Å². The van der Waals surface area contributed by atoms with Gasteiger partial charge < -0.3 is 14.2 Å². The maximum atomic E-state index is 10.0. The van der Waals surface area contributed by atoms with Gasteiger partial charge >= 0.3 is 7.48 Å². The number of pyridine rings is 1. The van der Waals surface area contributed by atoms with Gasteiger partial charge in [0.1, 0.15) is 5.65 Å². The molecule has 1 radical (unpaired) electrons. The van der Waals surface area contributed by atoms with E-state index in [1.807, 2.05) is 42.8 Å². The molecule has 0 unspecified atom stereocenters. The number of hydrogen-bond donors (Lipinski definition) is 1. The van der Waals surface area contributed by atoms with Crippen LogP contribution in [-0.4, -0.2) is 33.2 Å². The van der Waals surface area contributed by atoms with Gasteiger partial charge in [-0.05, 0) is 39.2 Å². The van der Waals surface area contributed by atoms with Crippen LogP contribution in [0.5, 0.6) is 0 Å². The van der Waals surface area contributed by atoms with Gasteiger partial charge in [-0.2, -0.15) is 0 Å². The second-order valence-corrected chi connectivity index (χ2v) is 5.46. The van der Waals surface area contributed by atoms with E-state index in [-0.39, 0.29) is 0 Å². The first-order valence-electron chi connectivity index (χ1n) is 5.96.